The molecule has 1 amide bonds. The standard InChI is InChI=1S/C17H18Cl2N6O4/c18-11-2-1-10(7-12(11)19)8-21-16-23-13-9-22-25(14(13)15(26)24-16)4-6-29-5-3-20-17(27)28/h1-2,7,9,20H,3-6,8H2,(H,27,28)(H2,21,23,24,26). The number of carbonyl (C=O) groups is 1. The minimum atomic E-state index is -1.10. The van der Waals surface area contributed by atoms with E-state index in [1.54, 1.807) is 12.1 Å². The van der Waals surface area contributed by atoms with Crippen LogP contribution in [0.15, 0.2) is 29.2 Å². The van der Waals surface area contributed by atoms with Gasteiger partial charge in [0.1, 0.15) is 5.52 Å². The SMILES string of the molecule is O=C(O)NCCOCCn1ncc2nc(NCc3ccc(Cl)c(Cl)c3)[nH]c(=O)c21. The number of fused-ring (bicyclic) bond motifs is 1. The Kier molecular flexibility index (Phi) is 6.91. The molecule has 4 N–H and O–H groups in total. The van der Waals surface area contributed by atoms with Crippen LogP contribution in [0.25, 0.3) is 11.0 Å². The van der Waals surface area contributed by atoms with E-state index in [1.807, 2.05) is 6.07 Å². The van der Waals surface area contributed by atoms with Gasteiger partial charge in [-0.1, -0.05) is 29.3 Å². The lowest BCUT2D eigenvalue weighted by molar-refractivity contribution is 0.124. The second-order valence-electron chi connectivity index (χ2n) is 5.96. The summed E-state index contributed by atoms with van der Waals surface area (Å²) in [7, 11) is 0. The van der Waals surface area contributed by atoms with Gasteiger partial charge in [-0.2, -0.15) is 5.10 Å². The van der Waals surface area contributed by atoms with E-state index in [9.17, 15) is 9.59 Å². The number of hydrogen-bond acceptors (Lipinski definition) is 6. The molecule has 0 spiro atoms. The van der Waals surface area contributed by atoms with Crippen LogP contribution in [0.5, 0.6) is 0 Å². The Morgan fingerprint density at radius 1 is 1.28 bits per heavy atom. The molecule has 3 rings (SSSR count). The lowest BCUT2D eigenvalue weighted by atomic mass is 10.2. The Morgan fingerprint density at radius 3 is 2.86 bits per heavy atom. The quantitative estimate of drug-likeness (QED) is 0.375. The van der Waals surface area contributed by atoms with Crippen molar-refractivity contribution in [3.63, 3.8) is 0 Å². The number of ether oxygens (including phenoxy) is 1. The van der Waals surface area contributed by atoms with Crippen LogP contribution in [0.3, 0.4) is 0 Å². The van der Waals surface area contributed by atoms with Crippen LogP contribution in [-0.2, 0) is 17.8 Å². The van der Waals surface area contributed by atoms with Crippen molar-refractivity contribution in [2.75, 3.05) is 25.1 Å². The summed E-state index contributed by atoms with van der Waals surface area (Å²) in [5, 5.41) is 18.8. The molecule has 0 unspecified atom stereocenters. The fourth-order valence-corrected chi connectivity index (χ4v) is 2.90. The second kappa shape index (κ2) is 9.59. The maximum Gasteiger partial charge on any atom is 0.404 e. The molecule has 0 aliphatic carbocycles. The van der Waals surface area contributed by atoms with Crippen LogP contribution in [0, 0.1) is 0 Å². The topological polar surface area (TPSA) is 134 Å². The zero-order valence-electron chi connectivity index (χ0n) is 15.1. The molecule has 29 heavy (non-hydrogen) atoms. The lowest BCUT2D eigenvalue weighted by Gasteiger charge is -2.08. The van der Waals surface area contributed by atoms with Gasteiger partial charge in [0.2, 0.25) is 5.95 Å². The highest BCUT2D eigenvalue weighted by molar-refractivity contribution is 6.42. The first-order chi connectivity index (χ1) is 13.9. The molecule has 10 nitrogen and oxygen atoms in total. The zero-order chi connectivity index (χ0) is 20.8. The fourth-order valence-electron chi connectivity index (χ4n) is 2.58. The molecule has 0 saturated carbocycles. The van der Waals surface area contributed by atoms with Crippen molar-refractivity contribution in [3.8, 4) is 0 Å². The van der Waals surface area contributed by atoms with Gasteiger partial charge in [0.05, 0.1) is 36.0 Å². The number of anilines is 1. The monoisotopic (exact) mass is 440 g/mol. The van der Waals surface area contributed by atoms with Crippen molar-refractivity contribution in [3.05, 3.63) is 50.4 Å². The molecule has 0 radical (unpaired) electrons. The number of hydrogen-bond donors (Lipinski definition) is 4. The van der Waals surface area contributed by atoms with E-state index in [0.29, 0.717) is 40.1 Å². The molecule has 0 saturated heterocycles. The number of aromatic nitrogens is 4. The second-order valence-corrected chi connectivity index (χ2v) is 6.78. The third kappa shape index (κ3) is 5.59. The van der Waals surface area contributed by atoms with E-state index in [1.165, 1.54) is 10.9 Å². The van der Waals surface area contributed by atoms with Gasteiger partial charge in [-0.15, -0.1) is 0 Å². The highest BCUT2D eigenvalue weighted by atomic mass is 35.5. The molecule has 0 fully saturated rings. The number of halogens is 2. The Balaban J connectivity index is 1.60. The molecule has 154 valence electrons. The Labute approximate surface area is 174 Å². The van der Waals surface area contributed by atoms with E-state index in [0.717, 1.165) is 5.56 Å². The Bertz CT molecular complexity index is 1070. The Hall–Kier alpha value is -2.82. The first kappa shape index (κ1) is 20.9. The fraction of sp³-hybridized carbons (Fsp3) is 0.294. The molecule has 0 atom stereocenters. The molecule has 0 aliphatic rings. The van der Waals surface area contributed by atoms with Crippen LogP contribution >= 0.6 is 23.2 Å². The first-order valence-electron chi connectivity index (χ1n) is 8.62. The molecule has 2 heterocycles. The summed E-state index contributed by atoms with van der Waals surface area (Å²) in [6.07, 6.45) is 0.397. The maximum absolute atomic E-state index is 12.5. The number of rotatable bonds is 9. The number of nitrogens with zero attached hydrogens (tertiary/aromatic N) is 3. The van der Waals surface area contributed by atoms with Crippen LogP contribution in [0.4, 0.5) is 10.7 Å². The zero-order valence-corrected chi connectivity index (χ0v) is 16.6. The first-order valence-corrected chi connectivity index (χ1v) is 9.38. The number of aromatic amines is 1. The van der Waals surface area contributed by atoms with E-state index in [2.05, 4.69) is 25.7 Å². The predicted octanol–water partition coefficient (Wildman–Crippen LogP) is 2.32. The van der Waals surface area contributed by atoms with Gasteiger partial charge in [0.15, 0.2) is 5.52 Å². The van der Waals surface area contributed by atoms with Gasteiger partial charge < -0.3 is 20.5 Å². The summed E-state index contributed by atoms with van der Waals surface area (Å²) in [6.45, 7) is 1.41. The maximum atomic E-state index is 12.5. The van der Waals surface area contributed by atoms with Crippen LogP contribution in [0.2, 0.25) is 10.0 Å². The molecular weight excluding hydrogens is 423 g/mol. The van der Waals surface area contributed by atoms with Crippen LogP contribution in [0.1, 0.15) is 5.56 Å². The molecular formula is C17H18Cl2N6O4. The smallest absolute Gasteiger partial charge is 0.404 e. The van der Waals surface area contributed by atoms with E-state index >= 15 is 0 Å². The molecule has 0 bridgehead atoms. The number of benzene rings is 1. The van der Waals surface area contributed by atoms with Gasteiger partial charge in [0, 0.05) is 13.1 Å². The van der Waals surface area contributed by atoms with E-state index in [-0.39, 0.29) is 25.3 Å². The summed E-state index contributed by atoms with van der Waals surface area (Å²) in [4.78, 5) is 29.8. The number of amides is 1. The predicted molar refractivity (Wildman–Crippen MR) is 109 cm³/mol. The van der Waals surface area contributed by atoms with Gasteiger partial charge in [-0.25, -0.2) is 9.78 Å². The molecule has 2 aromatic heterocycles. The van der Waals surface area contributed by atoms with Gasteiger partial charge in [-0.05, 0) is 17.7 Å². The molecule has 12 heteroatoms. The highest BCUT2D eigenvalue weighted by Gasteiger charge is 2.10. The average molecular weight is 441 g/mol. The number of H-pyrrole nitrogens is 1. The largest absolute Gasteiger partial charge is 0.465 e. The summed E-state index contributed by atoms with van der Waals surface area (Å²) < 4.78 is 6.82. The van der Waals surface area contributed by atoms with Crippen LogP contribution in [-0.4, -0.2) is 50.7 Å². The number of carboxylic acid groups (broad SMARTS) is 1. The van der Waals surface area contributed by atoms with Crippen LogP contribution < -0.4 is 16.2 Å². The molecule has 3 aromatic rings. The summed E-state index contributed by atoms with van der Waals surface area (Å²) in [5.74, 6) is 0.309. The summed E-state index contributed by atoms with van der Waals surface area (Å²) >= 11 is 11.9. The van der Waals surface area contributed by atoms with Crippen molar-refractivity contribution in [2.24, 2.45) is 0 Å². The van der Waals surface area contributed by atoms with Gasteiger partial charge in [0.25, 0.3) is 5.56 Å². The van der Waals surface area contributed by atoms with Crippen molar-refractivity contribution in [1.82, 2.24) is 25.1 Å². The normalized spacial score (nSPS) is 11.0. The lowest BCUT2D eigenvalue weighted by Crippen LogP contribution is -2.25. The minimum absolute atomic E-state index is 0.186. The van der Waals surface area contributed by atoms with E-state index < -0.39 is 6.09 Å². The molecule has 0 aliphatic heterocycles. The van der Waals surface area contributed by atoms with Crippen molar-refractivity contribution >= 4 is 46.3 Å². The highest BCUT2D eigenvalue weighted by Crippen LogP contribution is 2.22. The number of nitrogens with one attached hydrogen (secondary N) is 3. The average Bonchev–Trinajstić information content (AvgIpc) is 3.09. The minimum Gasteiger partial charge on any atom is -0.465 e. The third-order valence-electron chi connectivity index (χ3n) is 3.91. The van der Waals surface area contributed by atoms with Gasteiger partial charge in [-0.3, -0.25) is 14.5 Å². The summed E-state index contributed by atoms with van der Waals surface area (Å²) in [5.41, 5.74) is 1.32. The van der Waals surface area contributed by atoms with Gasteiger partial charge >= 0.3 is 6.09 Å². The van der Waals surface area contributed by atoms with E-state index in [4.69, 9.17) is 33.0 Å². The van der Waals surface area contributed by atoms with Crippen molar-refractivity contribution < 1.29 is 14.6 Å². The van der Waals surface area contributed by atoms with Crippen molar-refractivity contribution in [2.45, 2.75) is 13.1 Å². The Morgan fingerprint density at radius 2 is 2.10 bits per heavy atom. The molecule has 1 aromatic carbocycles. The van der Waals surface area contributed by atoms with Crippen molar-refractivity contribution in [1.29, 1.82) is 0 Å². The third-order valence-corrected chi connectivity index (χ3v) is 4.65. The summed E-state index contributed by atoms with van der Waals surface area (Å²) in [6, 6.07) is 5.25.